The van der Waals surface area contributed by atoms with E-state index in [4.69, 9.17) is 0 Å². The van der Waals surface area contributed by atoms with E-state index in [0.717, 1.165) is 14.6 Å². The fourth-order valence-corrected chi connectivity index (χ4v) is 5.04. The lowest BCUT2D eigenvalue weighted by molar-refractivity contribution is 0.603. The third-order valence-electron chi connectivity index (χ3n) is 2.85. The smallest absolute Gasteiger partial charge is 0.271 e. The van der Waals surface area contributed by atoms with Crippen LogP contribution in [0.2, 0.25) is 0 Å². The van der Waals surface area contributed by atoms with Gasteiger partial charge in [-0.15, -0.1) is 11.3 Å². The van der Waals surface area contributed by atoms with Gasteiger partial charge in [-0.2, -0.15) is 0 Å². The van der Waals surface area contributed by atoms with Crippen molar-refractivity contribution < 1.29 is 8.42 Å². The van der Waals surface area contributed by atoms with E-state index >= 15 is 0 Å². The highest BCUT2D eigenvalue weighted by atomic mass is 79.9. The third kappa shape index (κ3) is 2.59. The standard InChI is InChI=1S/C14H10BrNO2S2/c15-13-8-9-14(19-13)20(17,18)16-12-7-3-5-10-4-1-2-6-11(10)12/h1-9,16H. The molecule has 0 fully saturated rings. The summed E-state index contributed by atoms with van der Waals surface area (Å²) < 4.78 is 28.4. The van der Waals surface area contributed by atoms with Crippen LogP contribution in [0.5, 0.6) is 0 Å². The number of fused-ring (bicyclic) bond motifs is 1. The first-order chi connectivity index (χ1) is 9.56. The molecule has 0 saturated heterocycles. The highest BCUT2D eigenvalue weighted by molar-refractivity contribution is 9.11. The molecule has 0 bridgehead atoms. The lowest BCUT2D eigenvalue weighted by Gasteiger charge is -2.09. The first kappa shape index (κ1) is 13.6. The largest absolute Gasteiger partial charge is 0.278 e. The Morgan fingerprint density at radius 1 is 0.950 bits per heavy atom. The molecule has 20 heavy (non-hydrogen) atoms. The molecule has 0 amide bonds. The van der Waals surface area contributed by atoms with E-state index in [1.165, 1.54) is 11.3 Å². The van der Waals surface area contributed by atoms with Crippen LogP contribution in [0.1, 0.15) is 0 Å². The second kappa shape index (κ2) is 5.20. The van der Waals surface area contributed by atoms with E-state index in [1.807, 2.05) is 36.4 Å². The molecular formula is C14H10BrNO2S2. The topological polar surface area (TPSA) is 46.2 Å². The molecule has 3 aromatic rings. The van der Waals surface area contributed by atoms with Crippen LogP contribution in [0.4, 0.5) is 5.69 Å². The zero-order valence-corrected chi connectivity index (χ0v) is 13.4. The number of hydrogen-bond acceptors (Lipinski definition) is 3. The van der Waals surface area contributed by atoms with E-state index in [-0.39, 0.29) is 4.21 Å². The van der Waals surface area contributed by atoms with Crippen molar-refractivity contribution in [3.63, 3.8) is 0 Å². The van der Waals surface area contributed by atoms with E-state index in [0.29, 0.717) is 5.69 Å². The SMILES string of the molecule is O=S(=O)(Nc1cccc2ccccc12)c1ccc(Br)s1. The van der Waals surface area contributed by atoms with Gasteiger partial charge in [0.15, 0.2) is 0 Å². The van der Waals surface area contributed by atoms with Crippen molar-refractivity contribution >= 4 is 53.7 Å². The van der Waals surface area contributed by atoms with Gasteiger partial charge in [-0.25, -0.2) is 8.42 Å². The van der Waals surface area contributed by atoms with Crippen molar-refractivity contribution in [1.82, 2.24) is 0 Å². The van der Waals surface area contributed by atoms with E-state index in [9.17, 15) is 8.42 Å². The molecule has 0 aliphatic heterocycles. The molecule has 0 unspecified atom stereocenters. The van der Waals surface area contributed by atoms with Crippen molar-refractivity contribution in [3.05, 3.63) is 58.4 Å². The molecule has 3 nitrogen and oxygen atoms in total. The molecule has 0 saturated carbocycles. The van der Waals surface area contributed by atoms with Crippen LogP contribution in [0.25, 0.3) is 10.8 Å². The molecule has 1 heterocycles. The van der Waals surface area contributed by atoms with Crippen LogP contribution in [-0.2, 0) is 10.0 Å². The predicted octanol–water partition coefficient (Wildman–Crippen LogP) is 4.46. The average molecular weight is 368 g/mol. The molecule has 102 valence electrons. The van der Waals surface area contributed by atoms with Gasteiger partial charge in [0.05, 0.1) is 9.47 Å². The number of anilines is 1. The van der Waals surface area contributed by atoms with Gasteiger partial charge in [-0.05, 0) is 39.5 Å². The molecule has 0 spiro atoms. The Kier molecular flexibility index (Phi) is 3.54. The number of nitrogens with one attached hydrogen (secondary N) is 1. The summed E-state index contributed by atoms with van der Waals surface area (Å²) in [4.78, 5) is 0. The Labute approximate surface area is 129 Å². The molecule has 0 radical (unpaired) electrons. The number of benzene rings is 2. The zero-order chi connectivity index (χ0) is 14.2. The summed E-state index contributed by atoms with van der Waals surface area (Å²) in [6.45, 7) is 0. The maximum absolute atomic E-state index is 12.3. The molecule has 2 aromatic carbocycles. The minimum absolute atomic E-state index is 0.289. The fourth-order valence-electron chi connectivity index (χ4n) is 1.95. The first-order valence-corrected chi connectivity index (χ1v) is 8.91. The van der Waals surface area contributed by atoms with Gasteiger partial charge in [0.25, 0.3) is 10.0 Å². The number of rotatable bonds is 3. The Balaban J connectivity index is 2.05. The first-order valence-electron chi connectivity index (χ1n) is 5.82. The van der Waals surface area contributed by atoms with Gasteiger partial charge in [0.1, 0.15) is 4.21 Å². The summed E-state index contributed by atoms with van der Waals surface area (Å²) in [6.07, 6.45) is 0. The molecule has 3 rings (SSSR count). The Bertz CT molecular complexity index is 866. The number of sulfonamides is 1. The Morgan fingerprint density at radius 3 is 2.45 bits per heavy atom. The van der Waals surface area contributed by atoms with Crippen LogP contribution < -0.4 is 4.72 Å². The van der Waals surface area contributed by atoms with Gasteiger partial charge in [-0.1, -0.05) is 36.4 Å². The zero-order valence-electron chi connectivity index (χ0n) is 10.2. The van der Waals surface area contributed by atoms with Crippen LogP contribution >= 0.6 is 27.3 Å². The van der Waals surface area contributed by atoms with Crippen LogP contribution in [0, 0.1) is 0 Å². The summed E-state index contributed by atoms with van der Waals surface area (Å²) in [5.74, 6) is 0. The molecule has 6 heteroatoms. The summed E-state index contributed by atoms with van der Waals surface area (Å²) in [6, 6.07) is 16.5. The maximum Gasteiger partial charge on any atom is 0.271 e. The Morgan fingerprint density at radius 2 is 1.70 bits per heavy atom. The van der Waals surface area contributed by atoms with Crippen molar-refractivity contribution in [2.75, 3.05) is 4.72 Å². The molecule has 1 aromatic heterocycles. The monoisotopic (exact) mass is 367 g/mol. The van der Waals surface area contributed by atoms with E-state index in [1.54, 1.807) is 18.2 Å². The number of thiophene rings is 1. The molecule has 1 N–H and O–H groups in total. The molecule has 0 aliphatic carbocycles. The second-order valence-corrected chi connectivity index (χ2v) is 8.56. The van der Waals surface area contributed by atoms with E-state index < -0.39 is 10.0 Å². The van der Waals surface area contributed by atoms with Gasteiger partial charge in [0, 0.05) is 5.39 Å². The minimum Gasteiger partial charge on any atom is -0.278 e. The molecule has 0 aliphatic rings. The quantitative estimate of drug-likeness (QED) is 0.742. The third-order valence-corrected chi connectivity index (χ3v) is 6.33. The second-order valence-electron chi connectivity index (χ2n) is 4.19. The lowest BCUT2D eigenvalue weighted by atomic mass is 10.1. The summed E-state index contributed by atoms with van der Waals surface area (Å²) in [5, 5.41) is 1.88. The van der Waals surface area contributed by atoms with Crippen molar-refractivity contribution in [3.8, 4) is 0 Å². The number of hydrogen-bond donors (Lipinski definition) is 1. The van der Waals surface area contributed by atoms with Gasteiger partial charge in [-0.3, -0.25) is 4.72 Å². The lowest BCUT2D eigenvalue weighted by Crippen LogP contribution is -2.11. The van der Waals surface area contributed by atoms with Crippen LogP contribution in [-0.4, -0.2) is 8.42 Å². The van der Waals surface area contributed by atoms with Gasteiger partial charge in [0.2, 0.25) is 0 Å². The van der Waals surface area contributed by atoms with Crippen molar-refractivity contribution in [2.45, 2.75) is 4.21 Å². The molecular weight excluding hydrogens is 358 g/mol. The van der Waals surface area contributed by atoms with Gasteiger partial charge < -0.3 is 0 Å². The van der Waals surface area contributed by atoms with Crippen LogP contribution in [0.15, 0.2) is 62.6 Å². The van der Waals surface area contributed by atoms with Crippen molar-refractivity contribution in [1.29, 1.82) is 0 Å². The van der Waals surface area contributed by atoms with Crippen LogP contribution in [0.3, 0.4) is 0 Å². The highest BCUT2D eigenvalue weighted by Crippen LogP contribution is 2.30. The predicted molar refractivity (Wildman–Crippen MR) is 86.8 cm³/mol. The normalized spacial score (nSPS) is 11.7. The maximum atomic E-state index is 12.3. The number of halogens is 1. The summed E-state index contributed by atoms with van der Waals surface area (Å²) in [7, 11) is -3.55. The summed E-state index contributed by atoms with van der Waals surface area (Å²) >= 11 is 4.46. The average Bonchev–Trinajstić information content (AvgIpc) is 2.86. The fraction of sp³-hybridized carbons (Fsp3) is 0. The van der Waals surface area contributed by atoms with E-state index in [2.05, 4.69) is 20.7 Å². The van der Waals surface area contributed by atoms with Crippen molar-refractivity contribution in [2.24, 2.45) is 0 Å². The summed E-state index contributed by atoms with van der Waals surface area (Å²) in [5.41, 5.74) is 0.590. The van der Waals surface area contributed by atoms with Gasteiger partial charge >= 0.3 is 0 Å². The molecule has 0 atom stereocenters. The highest BCUT2D eigenvalue weighted by Gasteiger charge is 2.17. The minimum atomic E-state index is -3.55. The Hall–Kier alpha value is -1.37.